The van der Waals surface area contributed by atoms with Crippen molar-refractivity contribution in [1.82, 2.24) is 10.2 Å². The van der Waals surface area contributed by atoms with E-state index < -0.39 is 5.92 Å². The minimum Gasteiger partial charge on any atom is -0.503 e. The van der Waals surface area contributed by atoms with Crippen LogP contribution in [0.5, 0.6) is 17.4 Å². The number of nitrogens with two attached hydrogens (primary N) is 1. The molecule has 35 heavy (non-hydrogen) atoms. The number of halogens is 1. The van der Waals surface area contributed by atoms with Crippen molar-refractivity contribution >= 4 is 15.9 Å². The molecule has 1 fully saturated rings. The van der Waals surface area contributed by atoms with Gasteiger partial charge < -0.3 is 20.3 Å². The summed E-state index contributed by atoms with van der Waals surface area (Å²) in [5.41, 5.74) is 10.9. The van der Waals surface area contributed by atoms with Crippen LogP contribution in [0.4, 0.5) is 0 Å². The van der Waals surface area contributed by atoms with Crippen LogP contribution in [0, 0.1) is 11.3 Å². The van der Waals surface area contributed by atoms with Crippen molar-refractivity contribution in [3.63, 3.8) is 0 Å². The molecule has 180 valence electrons. The molecule has 3 aromatic rings. The van der Waals surface area contributed by atoms with Crippen LogP contribution >= 0.6 is 15.9 Å². The van der Waals surface area contributed by atoms with Crippen LogP contribution in [0.1, 0.15) is 67.6 Å². The molecule has 7 nitrogen and oxygen atoms in total. The van der Waals surface area contributed by atoms with Gasteiger partial charge in [0.1, 0.15) is 11.6 Å². The number of phenolic OH excluding ortho intramolecular Hbond substituents is 1. The quantitative estimate of drug-likeness (QED) is 0.358. The molecule has 2 heterocycles. The molecule has 0 radical (unpaired) electrons. The van der Waals surface area contributed by atoms with Crippen molar-refractivity contribution in [3.05, 3.63) is 69.0 Å². The van der Waals surface area contributed by atoms with Gasteiger partial charge in [-0.05, 0) is 64.9 Å². The third kappa shape index (κ3) is 4.25. The predicted molar refractivity (Wildman–Crippen MR) is 136 cm³/mol. The number of fused-ring (bicyclic) bond motifs is 1. The standard InChI is InChI=1S/C27H27BrN4O3/c1-2-34-21-13-18(12-20(28)25(21)33)22-19(14-29)26(30)35-27-23(22)24(31-32-27)17-10-8-16(9-11-17)15-6-4-3-5-7-15/h8-13,15,22,33H,2-7,30H2,1H3,(H,31,32)/t22-/m0/s1. The average molecular weight is 535 g/mol. The molecule has 5 rings (SSSR count). The van der Waals surface area contributed by atoms with Gasteiger partial charge in [-0.2, -0.15) is 5.26 Å². The number of benzene rings is 2. The fourth-order valence-electron chi connectivity index (χ4n) is 5.18. The zero-order valence-corrected chi connectivity index (χ0v) is 21.1. The van der Waals surface area contributed by atoms with Gasteiger partial charge in [-0.3, -0.25) is 5.10 Å². The Bertz CT molecular complexity index is 1320. The van der Waals surface area contributed by atoms with Crippen molar-refractivity contribution < 1.29 is 14.6 Å². The lowest BCUT2D eigenvalue weighted by molar-refractivity contribution is 0.316. The summed E-state index contributed by atoms with van der Waals surface area (Å²) in [5, 5.41) is 27.9. The Morgan fingerprint density at radius 1 is 1.20 bits per heavy atom. The van der Waals surface area contributed by atoms with E-state index in [1.54, 1.807) is 12.1 Å². The fraction of sp³-hybridized carbons (Fsp3) is 0.333. The normalized spacial score (nSPS) is 18.0. The predicted octanol–water partition coefficient (Wildman–Crippen LogP) is 6.21. The van der Waals surface area contributed by atoms with Gasteiger partial charge >= 0.3 is 0 Å². The van der Waals surface area contributed by atoms with E-state index in [0.717, 1.165) is 22.4 Å². The number of phenols is 1. The zero-order valence-electron chi connectivity index (χ0n) is 19.5. The zero-order chi connectivity index (χ0) is 24.5. The summed E-state index contributed by atoms with van der Waals surface area (Å²) in [6.07, 6.45) is 6.38. The molecule has 1 saturated carbocycles. The van der Waals surface area contributed by atoms with Crippen molar-refractivity contribution in [2.45, 2.75) is 50.9 Å². The minimum atomic E-state index is -0.549. The summed E-state index contributed by atoms with van der Waals surface area (Å²) in [6, 6.07) is 14.3. The van der Waals surface area contributed by atoms with Gasteiger partial charge in [-0.1, -0.05) is 43.5 Å². The number of aromatic nitrogens is 2. The number of nitriles is 1. The van der Waals surface area contributed by atoms with Crippen molar-refractivity contribution in [1.29, 1.82) is 5.26 Å². The highest BCUT2D eigenvalue weighted by Crippen LogP contribution is 2.48. The third-order valence-electron chi connectivity index (χ3n) is 6.90. The van der Waals surface area contributed by atoms with E-state index in [2.05, 4.69) is 56.5 Å². The van der Waals surface area contributed by atoms with Crippen LogP contribution in [0.3, 0.4) is 0 Å². The molecule has 1 aliphatic carbocycles. The lowest BCUT2D eigenvalue weighted by Crippen LogP contribution is -2.21. The molecule has 0 bridgehead atoms. The van der Waals surface area contributed by atoms with Crippen LogP contribution < -0.4 is 15.2 Å². The van der Waals surface area contributed by atoms with Crippen molar-refractivity contribution in [2.75, 3.05) is 6.61 Å². The second kappa shape index (κ2) is 9.67. The van der Waals surface area contributed by atoms with E-state index in [0.29, 0.717) is 28.6 Å². The fourth-order valence-corrected chi connectivity index (χ4v) is 5.64. The molecule has 0 amide bonds. The Kier molecular flexibility index (Phi) is 6.44. The molecule has 0 saturated heterocycles. The first-order valence-electron chi connectivity index (χ1n) is 11.9. The highest BCUT2D eigenvalue weighted by atomic mass is 79.9. The topological polar surface area (TPSA) is 117 Å². The average Bonchev–Trinajstić information content (AvgIpc) is 3.30. The molecular weight excluding hydrogens is 508 g/mol. The van der Waals surface area contributed by atoms with Gasteiger partial charge in [0.2, 0.25) is 11.8 Å². The smallest absolute Gasteiger partial charge is 0.244 e. The van der Waals surface area contributed by atoms with E-state index in [1.807, 2.05) is 6.92 Å². The number of ether oxygens (including phenoxy) is 2. The number of aromatic hydroxyl groups is 1. The number of rotatable bonds is 5. The summed E-state index contributed by atoms with van der Waals surface area (Å²) in [5.74, 6) is 0.736. The number of aromatic amines is 1. The van der Waals surface area contributed by atoms with Crippen LogP contribution in [-0.4, -0.2) is 21.9 Å². The van der Waals surface area contributed by atoms with Gasteiger partial charge in [0.25, 0.3) is 0 Å². The summed E-state index contributed by atoms with van der Waals surface area (Å²) in [4.78, 5) is 0. The first kappa shape index (κ1) is 23.3. The maximum Gasteiger partial charge on any atom is 0.244 e. The van der Waals surface area contributed by atoms with Gasteiger partial charge in [0, 0.05) is 5.56 Å². The first-order valence-corrected chi connectivity index (χ1v) is 12.7. The lowest BCUT2D eigenvalue weighted by Gasteiger charge is -2.25. The van der Waals surface area contributed by atoms with Gasteiger partial charge in [-0.15, -0.1) is 5.10 Å². The highest BCUT2D eigenvalue weighted by molar-refractivity contribution is 9.10. The number of nitrogens with zero attached hydrogens (tertiary/aromatic N) is 2. The van der Waals surface area contributed by atoms with Gasteiger partial charge in [0.15, 0.2) is 11.5 Å². The van der Waals surface area contributed by atoms with Crippen molar-refractivity contribution in [3.8, 4) is 34.7 Å². The number of allylic oxidation sites excluding steroid dienone is 1. The van der Waals surface area contributed by atoms with Gasteiger partial charge in [0.05, 0.1) is 28.3 Å². The van der Waals surface area contributed by atoms with Crippen LogP contribution in [0.15, 0.2) is 52.3 Å². The maximum atomic E-state index is 10.4. The molecule has 4 N–H and O–H groups in total. The minimum absolute atomic E-state index is 0.00376. The molecule has 2 aliphatic rings. The Morgan fingerprint density at radius 3 is 2.63 bits per heavy atom. The molecule has 0 unspecified atom stereocenters. The van der Waals surface area contributed by atoms with E-state index in [1.165, 1.54) is 37.7 Å². The van der Waals surface area contributed by atoms with E-state index in [-0.39, 0.29) is 17.2 Å². The monoisotopic (exact) mass is 534 g/mol. The molecular formula is C27H27BrN4O3. The summed E-state index contributed by atoms with van der Waals surface area (Å²) in [6.45, 7) is 2.23. The first-order chi connectivity index (χ1) is 17.0. The summed E-state index contributed by atoms with van der Waals surface area (Å²) < 4.78 is 11.8. The molecule has 1 atom stereocenters. The van der Waals surface area contributed by atoms with Crippen LogP contribution in [0.2, 0.25) is 0 Å². The molecule has 1 aliphatic heterocycles. The second-order valence-electron chi connectivity index (χ2n) is 8.98. The van der Waals surface area contributed by atoms with Gasteiger partial charge in [-0.25, -0.2) is 0 Å². The van der Waals surface area contributed by atoms with E-state index in [9.17, 15) is 10.4 Å². The van der Waals surface area contributed by atoms with E-state index in [4.69, 9.17) is 15.2 Å². The van der Waals surface area contributed by atoms with E-state index >= 15 is 0 Å². The number of H-pyrrole nitrogens is 1. The Balaban J connectivity index is 1.60. The lowest BCUT2D eigenvalue weighted by atomic mass is 9.82. The molecule has 8 heteroatoms. The Hall–Kier alpha value is -3.44. The van der Waals surface area contributed by atoms with Crippen LogP contribution in [-0.2, 0) is 0 Å². The Labute approximate surface area is 212 Å². The maximum absolute atomic E-state index is 10.4. The number of nitrogens with one attached hydrogen (secondary N) is 1. The molecule has 1 aromatic heterocycles. The van der Waals surface area contributed by atoms with Crippen molar-refractivity contribution in [2.24, 2.45) is 5.73 Å². The highest BCUT2D eigenvalue weighted by Gasteiger charge is 2.36. The summed E-state index contributed by atoms with van der Waals surface area (Å²) >= 11 is 3.42. The summed E-state index contributed by atoms with van der Waals surface area (Å²) in [7, 11) is 0. The molecule has 2 aromatic carbocycles. The SMILES string of the molecule is CCOc1cc([C@H]2C(C#N)=C(N)Oc3n[nH]c(-c4ccc(C5CCCCC5)cc4)c32)cc(Br)c1O. The largest absolute Gasteiger partial charge is 0.503 e. The Morgan fingerprint density at radius 2 is 1.94 bits per heavy atom. The third-order valence-corrected chi connectivity index (χ3v) is 7.50. The molecule has 0 spiro atoms. The second-order valence-corrected chi connectivity index (χ2v) is 9.84. The van der Waals surface area contributed by atoms with Crippen LogP contribution in [0.25, 0.3) is 11.3 Å². The number of hydrogen-bond donors (Lipinski definition) is 3. The number of hydrogen-bond acceptors (Lipinski definition) is 6.